The maximum absolute atomic E-state index is 12.6. The number of benzene rings is 1. The van der Waals surface area contributed by atoms with Gasteiger partial charge in [0.2, 0.25) is 5.91 Å². The van der Waals surface area contributed by atoms with E-state index in [1.54, 1.807) is 24.3 Å². The molecule has 1 amide bonds. The highest BCUT2D eigenvalue weighted by Crippen LogP contribution is 2.37. The van der Waals surface area contributed by atoms with Gasteiger partial charge in [-0.1, -0.05) is 32.0 Å². The molecule has 25 heavy (non-hydrogen) atoms. The minimum Gasteiger partial charge on any atom is -0.496 e. The number of carboxylic acids is 1. The number of carbonyl (C=O) groups excluding carboxylic acids is 1. The number of para-hydroxylation sites is 1. The molecular formula is C19H26ClNO4. The Balaban J connectivity index is 2.14. The number of hydrogen-bond acceptors (Lipinski definition) is 3. The molecule has 2 N–H and O–H groups in total. The predicted molar refractivity (Wildman–Crippen MR) is 96.9 cm³/mol. The van der Waals surface area contributed by atoms with Crippen molar-refractivity contribution >= 4 is 23.5 Å². The third-order valence-corrected chi connectivity index (χ3v) is 5.67. The molecule has 1 unspecified atom stereocenters. The van der Waals surface area contributed by atoms with Crippen LogP contribution in [-0.2, 0) is 9.59 Å². The molecule has 1 saturated carbocycles. The van der Waals surface area contributed by atoms with Gasteiger partial charge in [0.25, 0.3) is 0 Å². The number of amides is 1. The van der Waals surface area contributed by atoms with Crippen LogP contribution in [0.15, 0.2) is 24.3 Å². The zero-order chi connectivity index (χ0) is 18.6. The Labute approximate surface area is 153 Å². The average Bonchev–Trinajstić information content (AvgIpc) is 2.61. The summed E-state index contributed by atoms with van der Waals surface area (Å²) in [5, 5.41) is 11.4. The summed E-state index contributed by atoms with van der Waals surface area (Å²) in [5.41, 5.74) is -0.710. The minimum absolute atomic E-state index is 0.423. The number of methoxy groups -OCH3 is 1. The number of carboxylic acid groups (broad SMARTS) is 1. The molecule has 2 rings (SSSR count). The van der Waals surface area contributed by atoms with Crippen LogP contribution in [0.3, 0.4) is 0 Å². The van der Waals surface area contributed by atoms with Crippen LogP contribution in [0.5, 0.6) is 5.75 Å². The Morgan fingerprint density at radius 1 is 1.28 bits per heavy atom. The van der Waals surface area contributed by atoms with Crippen LogP contribution in [0, 0.1) is 11.8 Å². The van der Waals surface area contributed by atoms with Crippen LogP contribution in [-0.4, -0.2) is 29.6 Å². The summed E-state index contributed by atoms with van der Waals surface area (Å²) in [4.78, 5) is 24.5. The first-order chi connectivity index (χ1) is 11.8. The molecule has 1 aromatic rings. The predicted octanol–water partition coefficient (Wildman–Crippen LogP) is 3.76. The normalized spacial score (nSPS) is 24.6. The summed E-state index contributed by atoms with van der Waals surface area (Å²) in [6.45, 7) is 4.29. The van der Waals surface area contributed by atoms with E-state index >= 15 is 0 Å². The van der Waals surface area contributed by atoms with Crippen molar-refractivity contribution in [1.82, 2.24) is 5.32 Å². The highest BCUT2D eigenvalue weighted by Gasteiger charge is 2.44. The lowest BCUT2D eigenvalue weighted by Crippen LogP contribution is -2.57. The molecule has 6 heteroatoms. The fourth-order valence-electron chi connectivity index (χ4n) is 3.51. The number of alkyl halides is 1. The van der Waals surface area contributed by atoms with Crippen molar-refractivity contribution in [2.24, 2.45) is 11.8 Å². The van der Waals surface area contributed by atoms with E-state index < -0.39 is 22.8 Å². The van der Waals surface area contributed by atoms with E-state index in [2.05, 4.69) is 19.2 Å². The molecule has 0 bridgehead atoms. The van der Waals surface area contributed by atoms with Crippen molar-refractivity contribution in [3.05, 3.63) is 29.8 Å². The molecule has 138 valence electrons. The highest BCUT2D eigenvalue weighted by atomic mass is 35.5. The number of hydrogen-bond donors (Lipinski definition) is 2. The highest BCUT2D eigenvalue weighted by molar-refractivity contribution is 6.31. The second-order valence-corrected chi connectivity index (χ2v) is 7.50. The third kappa shape index (κ3) is 4.27. The van der Waals surface area contributed by atoms with Crippen molar-refractivity contribution in [2.75, 3.05) is 7.11 Å². The van der Waals surface area contributed by atoms with Crippen molar-refractivity contribution in [1.29, 1.82) is 0 Å². The van der Waals surface area contributed by atoms with E-state index in [-0.39, 0.29) is 0 Å². The summed E-state index contributed by atoms with van der Waals surface area (Å²) < 4.78 is 5.24. The minimum atomic E-state index is -1.24. The van der Waals surface area contributed by atoms with Gasteiger partial charge >= 0.3 is 5.97 Å². The molecule has 1 aromatic carbocycles. The first kappa shape index (κ1) is 19.6. The van der Waals surface area contributed by atoms with Gasteiger partial charge in [0, 0.05) is 5.56 Å². The van der Waals surface area contributed by atoms with Crippen LogP contribution in [0.1, 0.15) is 50.5 Å². The zero-order valence-electron chi connectivity index (χ0n) is 14.9. The van der Waals surface area contributed by atoms with Crippen molar-refractivity contribution in [2.45, 2.75) is 50.4 Å². The van der Waals surface area contributed by atoms with Crippen molar-refractivity contribution in [3.8, 4) is 5.75 Å². The average molecular weight is 368 g/mol. The lowest BCUT2D eigenvalue weighted by Gasteiger charge is -2.39. The molecule has 0 heterocycles. The standard InChI is InChI=1S/C19H26ClNO4/c1-12(2)13-8-10-19(11-9-13,18(23)24)21-17(22)16(20)14-6-4-5-7-15(14)25-3/h4-7,12-13,16H,8-11H2,1-3H3,(H,21,22)(H,23,24). The van der Waals surface area contributed by atoms with Gasteiger partial charge in [-0.25, -0.2) is 4.79 Å². The Bertz CT molecular complexity index is 624. The zero-order valence-corrected chi connectivity index (χ0v) is 15.7. The molecule has 1 aliphatic carbocycles. The molecule has 1 aliphatic rings. The first-order valence-corrected chi connectivity index (χ1v) is 9.07. The van der Waals surface area contributed by atoms with Crippen LogP contribution >= 0.6 is 11.6 Å². The quantitative estimate of drug-likeness (QED) is 0.750. The number of nitrogens with one attached hydrogen (secondary N) is 1. The fraction of sp³-hybridized carbons (Fsp3) is 0.579. The summed E-state index contributed by atoms with van der Waals surface area (Å²) in [6.07, 6.45) is 2.41. The lowest BCUT2D eigenvalue weighted by molar-refractivity contribution is -0.149. The molecule has 0 radical (unpaired) electrons. The van der Waals surface area contributed by atoms with Gasteiger partial charge in [-0.05, 0) is 43.6 Å². The molecule has 0 aromatic heterocycles. The van der Waals surface area contributed by atoms with E-state index in [9.17, 15) is 14.7 Å². The molecule has 0 saturated heterocycles. The Hall–Kier alpha value is -1.75. The van der Waals surface area contributed by atoms with Crippen molar-refractivity contribution < 1.29 is 19.4 Å². The molecule has 0 aliphatic heterocycles. The van der Waals surface area contributed by atoms with E-state index in [0.717, 1.165) is 12.8 Å². The number of carbonyl (C=O) groups is 2. The Morgan fingerprint density at radius 2 is 1.88 bits per heavy atom. The van der Waals surface area contributed by atoms with Gasteiger partial charge in [0.15, 0.2) is 0 Å². The van der Waals surface area contributed by atoms with Gasteiger partial charge in [-0.2, -0.15) is 0 Å². The van der Waals surface area contributed by atoms with E-state index in [4.69, 9.17) is 16.3 Å². The SMILES string of the molecule is COc1ccccc1C(Cl)C(=O)NC1(C(=O)O)CCC(C(C)C)CC1. The third-order valence-electron chi connectivity index (χ3n) is 5.24. The largest absolute Gasteiger partial charge is 0.496 e. The van der Waals surface area contributed by atoms with Crippen LogP contribution in [0.4, 0.5) is 0 Å². The van der Waals surface area contributed by atoms with Crippen molar-refractivity contribution in [3.63, 3.8) is 0 Å². The van der Waals surface area contributed by atoms with Crippen LogP contribution in [0.2, 0.25) is 0 Å². The maximum atomic E-state index is 12.6. The molecule has 1 fully saturated rings. The molecule has 0 spiro atoms. The van der Waals surface area contributed by atoms with E-state index in [1.165, 1.54) is 7.11 Å². The van der Waals surface area contributed by atoms with E-state index in [0.29, 0.717) is 36.0 Å². The number of rotatable bonds is 6. The van der Waals surface area contributed by atoms with Gasteiger partial charge in [-0.3, -0.25) is 4.79 Å². The Kier molecular flexibility index (Phi) is 6.33. The monoisotopic (exact) mass is 367 g/mol. The topological polar surface area (TPSA) is 75.6 Å². The molecular weight excluding hydrogens is 342 g/mol. The van der Waals surface area contributed by atoms with Crippen LogP contribution in [0.25, 0.3) is 0 Å². The van der Waals surface area contributed by atoms with Gasteiger partial charge in [0.05, 0.1) is 7.11 Å². The number of halogens is 1. The molecule has 1 atom stereocenters. The summed E-state index contributed by atoms with van der Waals surface area (Å²) in [5.74, 6) is 0.0105. The summed E-state index contributed by atoms with van der Waals surface area (Å²) in [7, 11) is 1.51. The number of ether oxygens (including phenoxy) is 1. The second kappa shape index (κ2) is 8.09. The second-order valence-electron chi connectivity index (χ2n) is 7.06. The van der Waals surface area contributed by atoms with Gasteiger partial charge < -0.3 is 15.2 Å². The summed E-state index contributed by atoms with van der Waals surface area (Å²) >= 11 is 6.32. The number of aliphatic carboxylic acids is 1. The van der Waals surface area contributed by atoms with Crippen LogP contribution < -0.4 is 10.1 Å². The van der Waals surface area contributed by atoms with E-state index in [1.807, 2.05) is 0 Å². The molecule has 5 nitrogen and oxygen atoms in total. The first-order valence-electron chi connectivity index (χ1n) is 8.63. The fourth-order valence-corrected chi connectivity index (χ4v) is 3.74. The smallest absolute Gasteiger partial charge is 0.329 e. The Morgan fingerprint density at radius 3 is 2.40 bits per heavy atom. The lowest BCUT2D eigenvalue weighted by atomic mass is 9.72. The maximum Gasteiger partial charge on any atom is 0.329 e. The summed E-state index contributed by atoms with van der Waals surface area (Å²) in [6, 6.07) is 6.98. The van der Waals surface area contributed by atoms with Gasteiger partial charge in [-0.15, -0.1) is 11.6 Å². The van der Waals surface area contributed by atoms with Gasteiger partial charge in [0.1, 0.15) is 16.7 Å².